The zero-order valence-electron chi connectivity index (χ0n) is 14.8. The Balaban J connectivity index is 1.57. The molecule has 6 N–H and O–H groups in total. The molecule has 0 amide bonds. The van der Waals surface area contributed by atoms with Crippen molar-refractivity contribution in [3.05, 3.63) is 0 Å². The largest absolute Gasteiger partial charge is 0.462 e. The van der Waals surface area contributed by atoms with E-state index in [0.29, 0.717) is 12.3 Å². The van der Waals surface area contributed by atoms with Crippen molar-refractivity contribution in [2.75, 3.05) is 18.6 Å². The van der Waals surface area contributed by atoms with Gasteiger partial charge in [0.15, 0.2) is 12.4 Å². The Bertz CT molecular complexity index is 646. The summed E-state index contributed by atoms with van der Waals surface area (Å²) in [5.41, 5.74) is 11.6. The number of hydrogen-bond acceptors (Lipinski definition) is 12. The number of hydrogen-bond donors (Lipinski definition) is 4. The smallest absolute Gasteiger partial charge is 0.323 e. The van der Waals surface area contributed by atoms with Crippen LogP contribution < -0.4 is 11.5 Å². The van der Waals surface area contributed by atoms with Crippen LogP contribution in [0.5, 0.6) is 0 Å². The van der Waals surface area contributed by atoms with E-state index in [1.54, 1.807) is 16.7 Å². The van der Waals surface area contributed by atoms with E-state index >= 15 is 0 Å². The standard InChI is InChI=1S/C15H24N6O5S/c1-27-3-2-7(16)15(24)25-4-8-10(22)11(23)14(26-8)21-6-20-9-12(17)18-5-19-13(9)21/h5-11,13-14,22-23H,2-4,16H2,1H3,(H2,17,18,19)/t7-,8+,9?,10+,11+,13?,14+/m0/s1. The molecular formula is C15H24N6O5S. The second kappa shape index (κ2) is 8.52. The van der Waals surface area contributed by atoms with Crippen LogP contribution >= 0.6 is 11.8 Å². The van der Waals surface area contributed by atoms with Gasteiger partial charge in [-0.2, -0.15) is 11.8 Å². The molecule has 3 rings (SSSR count). The van der Waals surface area contributed by atoms with Gasteiger partial charge in [-0.15, -0.1) is 0 Å². The molecule has 7 atom stereocenters. The first-order chi connectivity index (χ1) is 12.9. The van der Waals surface area contributed by atoms with E-state index in [2.05, 4.69) is 15.0 Å². The first kappa shape index (κ1) is 20.0. The van der Waals surface area contributed by atoms with Crippen molar-refractivity contribution in [2.24, 2.45) is 26.4 Å². The number of esters is 1. The third-order valence-electron chi connectivity index (χ3n) is 4.63. The Morgan fingerprint density at radius 3 is 2.96 bits per heavy atom. The van der Waals surface area contributed by atoms with E-state index in [4.69, 9.17) is 20.9 Å². The summed E-state index contributed by atoms with van der Waals surface area (Å²) >= 11 is 1.58. The molecule has 0 aromatic carbocycles. The number of ether oxygens (including phenoxy) is 2. The van der Waals surface area contributed by atoms with Gasteiger partial charge in [-0.1, -0.05) is 0 Å². The molecule has 2 unspecified atom stereocenters. The molecule has 12 heteroatoms. The third-order valence-corrected chi connectivity index (χ3v) is 5.28. The summed E-state index contributed by atoms with van der Waals surface area (Å²) in [4.78, 5) is 25.8. The Morgan fingerprint density at radius 1 is 1.44 bits per heavy atom. The summed E-state index contributed by atoms with van der Waals surface area (Å²) in [6.07, 6.45) is 0.422. The van der Waals surface area contributed by atoms with Gasteiger partial charge in [0.1, 0.15) is 49.2 Å². The van der Waals surface area contributed by atoms with Crippen molar-refractivity contribution in [3.8, 4) is 0 Å². The zero-order chi connectivity index (χ0) is 19.6. The van der Waals surface area contributed by atoms with Crippen LogP contribution in [0.1, 0.15) is 6.42 Å². The number of thioether (sulfide) groups is 1. The molecule has 27 heavy (non-hydrogen) atoms. The van der Waals surface area contributed by atoms with Gasteiger partial charge in [-0.05, 0) is 18.4 Å². The predicted molar refractivity (Wildman–Crippen MR) is 101 cm³/mol. The number of nitrogens with two attached hydrogens (primary N) is 2. The second-order valence-electron chi connectivity index (χ2n) is 6.45. The highest BCUT2D eigenvalue weighted by atomic mass is 32.2. The average molecular weight is 400 g/mol. The van der Waals surface area contributed by atoms with Crippen molar-refractivity contribution >= 4 is 36.2 Å². The zero-order valence-corrected chi connectivity index (χ0v) is 15.6. The van der Waals surface area contributed by atoms with Gasteiger partial charge in [0.25, 0.3) is 0 Å². The quantitative estimate of drug-likeness (QED) is 0.337. The summed E-state index contributed by atoms with van der Waals surface area (Å²) in [5, 5.41) is 20.6. The van der Waals surface area contributed by atoms with Crippen LogP contribution in [0.4, 0.5) is 0 Å². The van der Waals surface area contributed by atoms with Crippen LogP contribution in [-0.4, -0.2) is 101 Å². The number of amidine groups is 1. The lowest BCUT2D eigenvalue weighted by Gasteiger charge is -2.31. The first-order valence-electron chi connectivity index (χ1n) is 8.52. The van der Waals surface area contributed by atoms with Gasteiger partial charge in [-0.25, -0.2) is 9.98 Å². The van der Waals surface area contributed by atoms with Crippen LogP contribution in [0.3, 0.4) is 0 Å². The summed E-state index contributed by atoms with van der Waals surface area (Å²) in [5.74, 6) is 0.483. The predicted octanol–water partition coefficient (Wildman–Crippen LogP) is -2.51. The molecule has 3 aliphatic heterocycles. The number of rotatable bonds is 7. The van der Waals surface area contributed by atoms with Gasteiger partial charge in [-0.3, -0.25) is 9.79 Å². The minimum absolute atomic E-state index is 0.216. The molecule has 0 aliphatic carbocycles. The molecule has 3 heterocycles. The van der Waals surface area contributed by atoms with E-state index in [1.165, 1.54) is 12.7 Å². The number of aliphatic hydroxyl groups is 2. The van der Waals surface area contributed by atoms with E-state index in [-0.39, 0.29) is 6.61 Å². The SMILES string of the molecule is CSCC[C@H](N)C(=O)OC[C@H]1O[C@@H](N2C=NC3C(N)=NC=NC32)[C@H](O)[C@@H]1O. The number of fused-ring (bicyclic) bond motifs is 1. The number of nitrogens with zero attached hydrogens (tertiary/aromatic N) is 4. The first-order valence-corrected chi connectivity index (χ1v) is 9.91. The van der Waals surface area contributed by atoms with Crippen molar-refractivity contribution in [2.45, 2.75) is 49.2 Å². The van der Waals surface area contributed by atoms with Gasteiger partial charge in [0.05, 0.1) is 6.34 Å². The lowest BCUT2D eigenvalue weighted by atomic mass is 10.1. The normalized spacial score (nSPS) is 35.9. The van der Waals surface area contributed by atoms with Crippen LogP contribution in [0.2, 0.25) is 0 Å². The lowest BCUT2D eigenvalue weighted by molar-refractivity contribution is -0.152. The molecule has 0 bridgehead atoms. The fourth-order valence-electron chi connectivity index (χ4n) is 3.05. The fourth-order valence-corrected chi connectivity index (χ4v) is 3.54. The summed E-state index contributed by atoms with van der Waals surface area (Å²) in [6.45, 7) is -0.216. The number of aliphatic imine (C=N–C) groups is 3. The van der Waals surface area contributed by atoms with Gasteiger partial charge < -0.3 is 36.1 Å². The van der Waals surface area contributed by atoms with Crippen LogP contribution in [-0.2, 0) is 14.3 Å². The van der Waals surface area contributed by atoms with Gasteiger partial charge in [0.2, 0.25) is 0 Å². The van der Waals surface area contributed by atoms with E-state index in [0.717, 1.165) is 5.75 Å². The minimum Gasteiger partial charge on any atom is -0.462 e. The Kier molecular flexibility index (Phi) is 6.32. The molecule has 1 fully saturated rings. The van der Waals surface area contributed by atoms with Gasteiger partial charge in [0, 0.05) is 0 Å². The lowest BCUT2D eigenvalue weighted by Crippen LogP contribution is -2.51. The molecule has 11 nitrogen and oxygen atoms in total. The summed E-state index contributed by atoms with van der Waals surface area (Å²) in [6, 6.07) is -1.20. The van der Waals surface area contributed by atoms with Crippen molar-refractivity contribution in [3.63, 3.8) is 0 Å². The summed E-state index contributed by atoms with van der Waals surface area (Å²) < 4.78 is 10.9. The average Bonchev–Trinajstić information content (AvgIpc) is 3.21. The van der Waals surface area contributed by atoms with Crippen molar-refractivity contribution < 1.29 is 24.5 Å². The van der Waals surface area contributed by atoms with Crippen molar-refractivity contribution in [1.82, 2.24) is 4.90 Å². The Hall–Kier alpha value is -1.73. The van der Waals surface area contributed by atoms with Crippen LogP contribution in [0, 0.1) is 0 Å². The number of carbonyl (C=O) groups is 1. The third kappa shape index (κ3) is 4.09. The van der Waals surface area contributed by atoms with Crippen molar-refractivity contribution in [1.29, 1.82) is 0 Å². The molecule has 150 valence electrons. The Labute approximate surface area is 160 Å². The van der Waals surface area contributed by atoms with E-state index in [1.807, 2.05) is 6.26 Å². The molecule has 3 aliphatic rings. The summed E-state index contributed by atoms with van der Waals surface area (Å²) in [7, 11) is 0. The number of carbonyl (C=O) groups excluding carboxylic acids is 1. The van der Waals surface area contributed by atoms with Gasteiger partial charge >= 0.3 is 5.97 Å². The highest BCUT2D eigenvalue weighted by Gasteiger charge is 2.50. The maximum absolute atomic E-state index is 11.9. The fraction of sp³-hybridized carbons (Fsp3) is 0.733. The molecule has 0 aromatic rings. The monoisotopic (exact) mass is 400 g/mol. The molecule has 1 saturated heterocycles. The van der Waals surface area contributed by atoms with Crippen LogP contribution in [0.15, 0.2) is 15.0 Å². The van der Waals surface area contributed by atoms with E-state index < -0.39 is 48.8 Å². The highest BCUT2D eigenvalue weighted by Crippen LogP contribution is 2.29. The molecular weight excluding hydrogens is 376 g/mol. The Morgan fingerprint density at radius 2 is 2.22 bits per heavy atom. The number of aliphatic hydroxyl groups excluding tert-OH is 2. The molecule has 0 aromatic heterocycles. The molecule has 0 spiro atoms. The molecule has 0 saturated carbocycles. The topological polar surface area (TPSA) is 168 Å². The molecule has 0 radical (unpaired) electrons. The maximum atomic E-state index is 11.9. The van der Waals surface area contributed by atoms with Crippen LogP contribution in [0.25, 0.3) is 0 Å². The van der Waals surface area contributed by atoms with E-state index in [9.17, 15) is 15.0 Å². The minimum atomic E-state index is -1.24. The second-order valence-corrected chi connectivity index (χ2v) is 7.44. The highest BCUT2D eigenvalue weighted by molar-refractivity contribution is 7.98. The maximum Gasteiger partial charge on any atom is 0.323 e.